The molecule has 0 amide bonds. The standard InChI is InChI=1S/C14H10BrNO2S/c15-10-5-12(16-6-10)14(17)18-7-9-8-19-13-4-2-1-3-11(9)13/h1-6,8,16H,7H2. The number of carbonyl (C=O) groups is 1. The maximum atomic E-state index is 11.8. The van der Waals surface area contributed by atoms with E-state index >= 15 is 0 Å². The van der Waals surface area contributed by atoms with Crippen molar-refractivity contribution in [2.75, 3.05) is 0 Å². The van der Waals surface area contributed by atoms with Crippen LogP contribution >= 0.6 is 27.3 Å². The molecule has 0 spiro atoms. The van der Waals surface area contributed by atoms with Gasteiger partial charge >= 0.3 is 5.97 Å². The maximum absolute atomic E-state index is 11.8. The van der Waals surface area contributed by atoms with Gasteiger partial charge in [0.2, 0.25) is 0 Å². The van der Waals surface area contributed by atoms with Gasteiger partial charge in [-0.25, -0.2) is 4.79 Å². The van der Waals surface area contributed by atoms with Crippen LogP contribution in [0.2, 0.25) is 0 Å². The van der Waals surface area contributed by atoms with Crippen LogP contribution in [0.25, 0.3) is 10.1 Å². The molecule has 2 heterocycles. The first-order valence-electron chi connectivity index (χ1n) is 5.70. The van der Waals surface area contributed by atoms with Crippen LogP contribution < -0.4 is 0 Å². The van der Waals surface area contributed by atoms with Gasteiger partial charge in [-0.15, -0.1) is 11.3 Å². The highest BCUT2D eigenvalue weighted by molar-refractivity contribution is 9.10. The molecule has 0 fully saturated rings. The maximum Gasteiger partial charge on any atom is 0.355 e. The van der Waals surface area contributed by atoms with Crippen LogP contribution in [-0.4, -0.2) is 11.0 Å². The number of fused-ring (bicyclic) bond motifs is 1. The zero-order chi connectivity index (χ0) is 13.2. The molecule has 19 heavy (non-hydrogen) atoms. The summed E-state index contributed by atoms with van der Waals surface area (Å²) in [5.74, 6) is -0.346. The first-order chi connectivity index (χ1) is 9.24. The van der Waals surface area contributed by atoms with E-state index in [1.165, 1.54) is 4.70 Å². The number of halogens is 1. The van der Waals surface area contributed by atoms with Crippen LogP contribution in [0.5, 0.6) is 0 Å². The second-order valence-electron chi connectivity index (χ2n) is 4.06. The molecule has 5 heteroatoms. The van der Waals surface area contributed by atoms with Crippen molar-refractivity contribution in [3.63, 3.8) is 0 Å². The summed E-state index contributed by atoms with van der Waals surface area (Å²) in [6.07, 6.45) is 1.70. The number of nitrogens with one attached hydrogen (secondary N) is 1. The van der Waals surface area contributed by atoms with E-state index in [1.54, 1.807) is 23.6 Å². The van der Waals surface area contributed by atoms with Gasteiger partial charge in [-0.05, 0) is 38.8 Å². The lowest BCUT2D eigenvalue weighted by atomic mass is 10.2. The van der Waals surface area contributed by atoms with E-state index in [0.717, 1.165) is 15.4 Å². The Morgan fingerprint density at radius 3 is 3.00 bits per heavy atom. The molecule has 0 unspecified atom stereocenters. The third kappa shape index (κ3) is 2.57. The van der Waals surface area contributed by atoms with Gasteiger partial charge in [0, 0.05) is 20.9 Å². The highest BCUT2D eigenvalue weighted by Gasteiger charge is 2.11. The van der Waals surface area contributed by atoms with Crippen molar-refractivity contribution in [3.8, 4) is 0 Å². The molecule has 3 nitrogen and oxygen atoms in total. The van der Waals surface area contributed by atoms with Gasteiger partial charge in [0.25, 0.3) is 0 Å². The Morgan fingerprint density at radius 2 is 2.21 bits per heavy atom. The van der Waals surface area contributed by atoms with Crippen LogP contribution in [0.3, 0.4) is 0 Å². The number of hydrogen-bond donors (Lipinski definition) is 1. The normalized spacial score (nSPS) is 10.8. The molecule has 0 bridgehead atoms. The molecule has 2 aromatic heterocycles. The number of hydrogen-bond acceptors (Lipinski definition) is 3. The molecule has 0 aliphatic carbocycles. The van der Waals surface area contributed by atoms with E-state index in [9.17, 15) is 4.79 Å². The molecular weight excluding hydrogens is 326 g/mol. The number of thiophene rings is 1. The van der Waals surface area contributed by atoms with Crippen LogP contribution in [0, 0.1) is 0 Å². The third-order valence-electron chi connectivity index (χ3n) is 2.79. The first-order valence-corrected chi connectivity index (χ1v) is 7.37. The van der Waals surface area contributed by atoms with Gasteiger partial charge in [-0.2, -0.15) is 0 Å². The molecule has 0 saturated carbocycles. The monoisotopic (exact) mass is 335 g/mol. The number of ether oxygens (including phenoxy) is 1. The summed E-state index contributed by atoms with van der Waals surface area (Å²) < 4.78 is 7.35. The first kappa shape index (κ1) is 12.4. The highest BCUT2D eigenvalue weighted by Crippen LogP contribution is 2.26. The van der Waals surface area contributed by atoms with Crippen molar-refractivity contribution >= 4 is 43.3 Å². The summed E-state index contributed by atoms with van der Waals surface area (Å²) in [6, 6.07) is 9.80. The second-order valence-corrected chi connectivity index (χ2v) is 5.89. The molecule has 3 aromatic rings. The average Bonchev–Trinajstić information content (AvgIpc) is 3.02. The summed E-state index contributed by atoms with van der Waals surface area (Å²) in [5.41, 5.74) is 1.49. The van der Waals surface area contributed by atoms with E-state index in [2.05, 4.69) is 27.0 Å². The quantitative estimate of drug-likeness (QED) is 0.723. The summed E-state index contributed by atoms with van der Waals surface area (Å²) in [7, 11) is 0. The minimum absolute atomic E-state index is 0.291. The van der Waals surface area contributed by atoms with E-state index < -0.39 is 0 Å². The fraction of sp³-hybridized carbons (Fsp3) is 0.0714. The van der Waals surface area contributed by atoms with Gasteiger partial charge in [-0.1, -0.05) is 18.2 Å². The Kier molecular flexibility index (Phi) is 3.40. The summed E-state index contributed by atoms with van der Waals surface area (Å²) in [4.78, 5) is 14.7. The zero-order valence-corrected chi connectivity index (χ0v) is 12.3. The van der Waals surface area contributed by atoms with Crippen molar-refractivity contribution in [1.82, 2.24) is 4.98 Å². The lowest BCUT2D eigenvalue weighted by molar-refractivity contribution is 0.0468. The number of rotatable bonds is 3. The van der Waals surface area contributed by atoms with Crippen molar-refractivity contribution in [1.29, 1.82) is 0 Å². The van der Waals surface area contributed by atoms with Crippen LogP contribution in [0.4, 0.5) is 0 Å². The topological polar surface area (TPSA) is 42.1 Å². The largest absolute Gasteiger partial charge is 0.456 e. The van der Waals surface area contributed by atoms with E-state index in [-0.39, 0.29) is 5.97 Å². The number of esters is 1. The van der Waals surface area contributed by atoms with Crippen molar-refractivity contribution in [2.24, 2.45) is 0 Å². The summed E-state index contributed by atoms with van der Waals surface area (Å²) >= 11 is 4.94. The Bertz CT molecular complexity index is 732. The lowest BCUT2D eigenvalue weighted by Gasteiger charge is -2.02. The molecule has 0 atom stereocenters. The molecule has 96 valence electrons. The van der Waals surface area contributed by atoms with Gasteiger partial charge < -0.3 is 9.72 Å². The Labute approximate surface area is 122 Å². The van der Waals surface area contributed by atoms with Crippen LogP contribution in [-0.2, 0) is 11.3 Å². The van der Waals surface area contributed by atoms with E-state index in [1.807, 2.05) is 23.6 Å². The smallest absolute Gasteiger partial charge is 0.355 e. The number of aromatic nitrogens is 1. The number of H-pyrrole nitrogens is 1. The summed E-state index contributed by atoms with van der Waals surface area (Å²) in [5, 5.41) is 3.18. The molecular formula is C14H10BrNO2S. The van der Waals surface area contributed by atoms with Crippen molar-refractivity contribution < 1.29 is 9.53 Å². The molecule has 0 saturated heterocycles. The fourth-order valence-corrected chi connectivity index (χ4v) is 3.14. The zero-order valence-electron chi connectivity index (χ0n) is 9.85. The molecule has 3 rings (SSSR count). The molecule has 1 aromatic carbocycles. The van der Waals surface area contributed by atoms with Crippen LogP contribution in [0.15, 0.2) is 46.4 Å². The predicted molar refractivity (Wildman–Crippen MR) is 79.4 cm³/mol. The second kappa shape index (κ2) is 5.19. The SMILES string of the molecule is O=C(OCc1csc2ccccc12)c1cc(Br)c[nH]1. The minimum Gasteiger partial charge on any atom is -0.456 e. The molecule has 1 N–H and O–H groups in total. The van der Waals surface area contributed by atoms with Gasteiger partial charge in [-0.3, -0.25) is 0 Å². The number of aromatic amines is 1. The lowest BCUT2D eigenvalue weighted by Crippen LogP contribution is -2.05. The van der Waals surface area contributed by atoms with Crippen molar-refractivity contribution in [3.05, 3.63) is 57.6 Å². The third-order valence-corrected chi connectivity index (χ3v) is 4.26. The number of benzene rings is 1. The van der Waals surface area contributed by atoms with E-state index in [4.69, 9.17) is 4.74 Å². The molecule has 0 aliphatic rings. The van der Waals surface area contributed by atoms with Crippen LogP contribution in [0.1, 0.15) is 16.1 Å². The molecule has 0 radical (unpaired) electrons. The highest BCUT2D eigenvalue weighted by atomic mass is 79.9. The summed E-state index contributed by atoms with van der Waals surface area (Å²) in [6.45, 7) is 0.291. The minimum atomic E-state index is -0.346. The predicted octanol–water partition coefficient (Wildman–Crippen LogP) is 4.35. The van der Waals surface area contributed by atoms with E-state index in [0.29, 0.717) is 12.3 Å². The molecule has 0 aliphatic heterocycles. The van der Waals surface area contributed by atoms with Gasteiger partial charge in [0.1, 0.15) is 12.3 Å². The fourth-order valence-electron chi connectivity index (χ4n) is 1.85. The Hall–Kier alpha value is -1.59. The number of carbonyl (C=O) groups excluding carboxylic acids is 1. The average molecular weight is 336 g/mol. The van der Waals surface area contributed by atoms with Gasteiger partial charge in [0.05, 0.1) is 0 Å². The Morgan fingerprint density at radius 1 is 1.37 bits per heavy atom. The van der Waals surface area contributed by atoms with Gasteiger partial charge in [0.15, 0.2) is 0 Å². The Balaban J connectivity index is 1.74. The van der Waals surface area contributed by atoms with Crippen molar-refractivity contribution in [2.45, 2.75) is 6.61 Å².